The Morgan fingerprint density at radius 2 is 1.58 bits per heavy atom. The number of rotatable bonds is 14. The summed E-state index contributed by atoms with van der Waals surface area (Å²) in [5, 5.41) is 27.7. The van der Waals surface area contributed by atoms with E-state index >= 15 is 0 Å². The zero-order valence-electron chi connectivity index (χ0n) is 21.6. The number of H-pyrrole nitrogens is 1. The van der Waals surface area contributed by atoms with Gasteiger partial charge in [-0.1, -0.05) is 32.0 Å². The van der Waals surface area contributed by atoms with Gasteiger partial charge in [0, 0.05) is 29.9 Å². The summed E-state index contributed by atoms with van der Waals surface area (Å²) >= 11 is 0. The quantitative estimate of drug-likeness (QED) is 0.148. The van der Waals surface area contributed by atoms with E-state index in [9.17, 15) is 34.2 Å². The van der Waals surface area contributed by atoms with Gasteiger partial charge < -0.3 is 42.6 Å². The number of aromatic amines is 1. The van der Waals surface area contributed by atoms with Gasteiger partial charge in [0.25, 0.3) is 0 Å². The summed E-state index contributed by atoms with van der Waals surface area (Å²) in [5.41, 5.74) is 12.6. The van der Waals surface area contributed by atoms with Crippen LogP contribution in [-0.4, -0.2) is 75.1 Å². The molecule has 10 N–H and O–H groups in total. The predicted octanol–water partition coefficient (Wildman–Crippen LogP) is -1.12. The number of aliphatic hydroxyl groups is 1. The van der Waals surface area contributed by atoms with Crippen molar-refractivity contribution in [3.05, 3.63) is 36.0 Å². The van der Waals surface area contributed by atoms with E-state index in [-0.39, 0.29) is 25.2 Å². The summed E-state index contributed by atoms with van der Waals surface area (Å²) in [7, 11) is 0. The predicted molar refractivity (Wildman–Crippen MR) is 138 cm³/mol. The highest BCUT2D eigenvalue weighted by molar-refractivity contribution is 5.95. The molecule has 0 fully saturated rings. The molecule has 1 aromatic carbocycles. The van der Waals surface area contributed by atoms with Crippen molar-refractivity contribution in [3.63, 3.8) is 0 Å². The lowest BCUT2D eigenvalue weighted by Gasteiger charge is -2.27. The maximum Gasteiger partial charge on any atom is 0.326 e. The largest absolute Gasteiger partial charge is 0.480 e. The second kappa shape index (κ2) is 13.5. The number of carboxylic acid groups (broad SMARTS) is 1. The summed E-state index contributed by atoms with van der Waals surface area (Å²) in [6.45, 7) is 4.75. The van der Waals surface area contributed by atoms with Gasteiger partial charge in [-0.2, -0.15) is 0 Å². The van der Waals surface area contributed by atoms with E-state index in [2.05, 4.69) is 20.9 Å². The standard InChI is InChI=1S/C25H36N6O7/c1-12(2)20(27)23(35)30-18(10-14-11-28-16-7-5-4-6-15(14)16)22(34)31-21(13(3)32)24(36)29-17(25(37)38)8-9-19(26)33/h4-7,11-13,17-18,20-21,28,32H,8-10,27H2,1-3H3,(H2,26,33)(H,29,36)(H,30,35)(H,31,34)(H,37,38). The van der Waals surface area contributed by atoms with Crippen molar-refractivity contribution in [2.24, 2.45) is 17.4 Å². The number of nitrogens with one attached hydrogen (secondary N) is 4. The Bertz CT molecular complexity index is 1160. The first-order valence-electron chi connectivity index (χ1n) is 12.2. The molecule has 13 nitrogen and oxygen atoms in total. The molecular weight excluding hydrogens is 496 g/mol. The summed E-state index contributed by atoms with van der Waals surface area (Å²) in [5.74, 6) is -4.72. The molecule has 0 aliphatic heterocycles. The van der Waals surface area contributed by atoms with Crippen LogP contribution in [0.4, 0.5) is 0 Å². The van der Waals surface area contributed by atoms with Crippen LogP contribution in [0.3, 0.4) is 0 Å². The van der Waals surface area contributed by atoms with Crippen molar-refractivity contribution in [2.45, 2.75) is 70.3 Å². The number of aliphatic hydroxyl groups excluding tert-OH is 1. The van der Waals surface area contributed by atoms with Crippen LogP contribution in [0, 0.1) is 5.92 Å². The van der Waals surface area contributed by atoms with Crippen LogP contribution in [0.25, 0.3) is 10.9 Å². The lowest BCUT2D eigenvalue weighted by molar-refractivity contribution is -0.143. The van der Waals surface area contributed by atoms with Gasteiger partial charge in [0.05, 0.1) is 12.1 Å². The molecule has 4 amide bonds. The van der Waals surface area contributed by atoms with Crippen molar-refractivity contribution in [1.29, 1.82) is 0 Å². The third-order valence-corrected chi connectivity index (χ3v) is 6.11. The maximum atomic E-state index is 13.3. The van der Waals surface area contributed by atoms with E-state index in [0.29, 0.717) is 0 Å². The summed E-state index contributed by atoms with van der Waals surface area (Å²) < 4.78 is 0. The normalized spacial score (nSPS) is 15.2. The molecule has 0 saturated carbocycles. The molecule has 208 valence electrons. The highest BCUT2D eigenvalue weighted by atomic mass is 16.4. The molecule has 13 heteroatoms. The van der Waals surface area contributed by atoms with Crippen LogP contribution in [0.5, 0.6) is 0 Å². The smallest absolute Gasteiger partial charge is 0.326 e. The Kier molecular flexibility index (Phi) is 10.8. The minimum atomic E-state index is -1.56. The molecule has 0 radical (unpaired) electrons. The Balaban J connectivity index is 2.27. The number of carboxylic acids is 1. The molecule has 0 aliphatic carbocycles. The number of amides is 4. The van der Waals surface area contributed by atoms with E-state index in [4.69, 9.17) is 11.5 Å². The van der Waals surface area contributed by atoms with Crippen molar-refractivity contribution in [1.82, 2.24) is 20.9 Å². The Morgan fingerprint density at radius 1 is 0.947 bits per heavy atom. The number of para-hydroxylation sites is 1. The van der Waals surface area contributed by atoms with Gasteiger partial charge in [0.2, 0.25) is 23.6 Å². The van der Waals surface area contributed by atoms with Crippen LogP contribution in [0.1, 0.15) is 39.2 Å². The summed E-state index contributed by atoms with van der Waals surface area (Å²) in [6, 6.07) is 2.27. The summed E-state index contributed by atoms with van der Waals surface area (Å²) in [6.07, 6.45) is -0.251. The molecule has 1 heterocycles. The number of primary amides is 1. The lowest BCUT2D eigenvalue weighted by atomic mass is 10.0. The molecule has 5 unspecified atom stereocenters. The number of nitrogens with two attached hydrogens (primary N) is 2. The number of benzene rings is 1. The van der Waals surface area contributed by atoms with Crippen LogP contribution >= 0.6 is 0 Å². The molecule has 0 saturated heterocycles. The second-order valence-corrected chi connectivity index (χ2v) is 9.53. The Hall–Kier alpha value is -3.97. The van der Waals surface area contributed by atoms with Crippen LogP contribution in [0.2, 0.25) is 0 Å². The van der Waals surface area contributed by atoms with E-state index in [1.807, 2.05) is 24.3 Å². The molecule has 2 rings (SSSR count). The number of aromatic nitrogens is 1. The van der Waals surface area contributed by atoms with Gasteiger partial charge >= 0.3 is 5.97 Å². The number of hydrogen-bond donors (Lipinski definition) is 8. The fourth-order valence-corrected chi connectivity index (χ4v) is 3.76. The zero-order chi connectivity index (χ0) is 28.6. The first kappa shape index (κ1) is 30.3. The first-order chi connectivity index (χ1) is 17.8. The number of carbonyl (C=O) groups is 5. The van der Waals surface area contributed by atoms with Gasteiger partial charge in [-0.05, 0) is 30.9 Å². The highest BCUT2D eigenvalue weighted by Gasteiger charge is 2.33. The monoisotopic (exact) mass is 532 g/mol. The van der Waals surface area contributed by atoms with E-state index in [0.717, 1.165) is 16.5 Å². The average Bonchev–Trinajstić information content (AvgIpc) is 3.25. The zero-order valence-corrected chi connectivity index (χ0v) is 21.6. The molecule has 2 aromatic rings. The number of hydrogen-bond acceptors (Lipinski definition) is 7. The van der Waals surface area contributed by atoms with Crippen molar-refractivity contribution >= 4 is 40.5 Å². The lowest BCUT2D eigenvalue weighted by Crippen LogP contribution is -2.60. The molecule has 5 atom stereocenters. The van der Waals surface area contributed by atoms with Gasteiger partial charge in [-0.25, -0.2) is 4.79 Å². The fourth-order valence-electron chi connectivity index (χ4n) is 3.76. The highest BCUT2D eigenvalue weighted by Crippen LogP contribution is 2.19. The first-order valence-corrected chi connectivity index (χ1v) is 12.2. The van der Waals surface area contributed by atoms with E-state index in [1.54, 1.807) is 20.0 Å². The molecule has 0 spiro atoms. The van der Waals surface area contributed by atoms with Gasteiger partial charge in [-0.15, -0.1) is 0 Å². The number of carbonyl (C=O) groups excluding carboxylic acids is 4. The average molecular weight is 533 g/mol. The fraction of sp³-hybridized carbons (Fsp3) is 0.480. The third-order valence-electron chi connectivity index (χ3n) is 6.11. The Morgan fingerprint density at radius 3 is 2.16 bits per heavy atom. The summed E-state index contributed by atoms with van der Waals surface area (Å²) in [4.78, 5) is 64.6. The molecule has 0 bridgehead atoms. The van der Waals surface area contributed by atoms with Crippen molar-refractivity contribution < 1.29 is 34.2 Å². The van der Waals surface area contributed by atoms with Crippen molar-refractivity contribution in [2.75, 3.05) is 0 Å². The minimum absolute atomic E-state index is 0.0386. The molecule has 38 heavy (non-hydrogen) atoms. The van der Waals surface area contributed by atoms with Crippen LogP contribution in [-0.2, 0) is 30.4 Å². The van der Waals surface area contributed by atoms with Gasteiger partial charge in [-0.3, -0.25) is 19.2 Å². The SMILES string of the molecule is CC(C)C(N)C(=O)NC(Cc1c[nH]c2ccccc12)C(=O)NC(C(=O)NC(CCC(N)=O)C(=O)O)C(C)O. The topological polar surface area (TPSA) is 230 Å². The number of fused-ring (bicyclic) bond motifs is 1. The Labute approximate surface area is 219 Å². The third kappa shape index (κ3) is 8.28. The molecular formula is C25H36N6O7. The van der Waals surface area contributed by atoms with Gasteiger partial charge in [0.1, 0.15) is 18.1 Å². The molecule has 0 aliphatic rings. The number of aliphatic carboxylic acids is 1. The van der Waals surface area contributed by atoms with Crippen LogP contribution in [0.15, 0.2) is 30.5 Å². The van der Waals surface area contributed by atoms with Crippen molar-refractivity contribution in [3.8, 4) is 0 Å². The van der Waals surface area contributed by atoms with Gasteiger partial charge in [0.15, 0.2) is 0 Å². The van der Waals surface area contributed by atoms with E-state index in [1.165, 1.54) is 6.92 Å². The molecule has 1 aromatic heterocycles. The maximum absolute atomic E-state index is 13.3. The van der Waals surface area contributed by atoms with E-state index < -0.39 is 59.9 Å². The van der Waals surface area contributed by atoms with Crippen LogP contribution < -0.4 is 27.4 Å². The minimum Gasteiger partial charge on any atom is -0.480 e. The second-order valence-electron chi connectivity index (χ2n) is 9.53.